The number of nitrogens with one attached hydrogen (secondary N) is 2. The highest BCUT2D eigenvalue weighted by Gasteiger charge is 1.99. The average Bonchev–Trinajstić information content (AvgIpc) is 2.37. The summed E-state index contributed by atoms with van der Waals surface area (Å²) in [5.41, 5.74) is 5.91. The highest BCUT2D eigenvalue weighted by Crippen LogP contribution is 1.96. The molecular formula is C12H17N3O3. The molecule has 0 fully saturated rings. The molecule has 3 amide bonds. The van der Waals surface area contributed by atoms with E-state index in [1.54, 1.807) is 0 Å². The molecule has 6 heteroatoms. The summed E-state index contributed by atoms with van der Waals surface area (Å²) < 4.78 is 4.89. The van der Waals surface area contributed by atoms with Crippen molar-refractivity contribution in [2.75, 3.05) is 19.8 Å². The normalized spacial score (nSPS) is 9.78. The van der Waals surface area contributed by atoms with Gasteiger partial charge in [-0.2, -0.15) is 0 Å². The zero-order valence-electron chi connectivity index (χ0n) is 10.0. The standard InChI is InChI=1S/C12H17N3O3/c13-11(16)9-18-7-6-14-12(17)15-8-10-4-2-1-3-5-10/h1-5H,6-9H2,(H2,13,16)(H2,14,15,17). The Kier molecular flexibility index (Phi) is 6.27. The molecule has 0 aliphatic heterocycles. The summed E-state index contributed by atoms with van der Waals surface area (Å²) in [4.78, 5) is 21.7. The lowest BCUT2D eigenvalue weighted by atomic mass is 10.2. The Hall–Kier alpha value is -2.08. The van der Waals surface area contributed by atoms with Gasteiger partial charge in [0.1, 0.15) is 6.61 Å². The zero-order chi connectivity index (χ0) is 13.2. The Morgan fingerprint density at radius 2 is 1.89 bits per heavy atom. The van der Waals surface area contributed by atoms with E-state index in [1.807, 2.05) is 30.3 Å². The number of carbonyl (C=O) groups excluding carboxylic acids is 2. The predicted molar refractivity (Wildman–Crippen MR) is 66.7 cm³/mol. The maximum Gasteiger partial charge on any atom is 0.315 e. The van der Waals surface area contributed by atoms with E-state index in [9.17, 15) is 9.59 Å². The van der Waals surface area contributed by atoms with Crippen molar-refractivity contribution in [2.45, 2.75) is 6.54 Å². The summed E-state index contributed by atoms with van der Waals surface area (Å²) >= 11 is 0. The highest BCUT2D eigenvalue weighted by atomic mass is 16.5. The minimum atomic E-state index is -0.525. The second-order valence-electron chi connectivity index (χ2n) is 3.61. The summed E-state index contributed by atoms with van der Waals surface area (Å²) in [7, 11) is 0. The van der Waals surface area contributed by atoms with Crippen molar-refractivity contribution in [2.24, 2.45) is 5.73 Å². The van der Waals surface area contributed by atoms with Gasteiger partial charge >= 0.3 is 6.03 Å². The number of ether oxygens (including phenoxy) is 1. The van der Waals surface area contributed by atoms with Gasteiger partial charge in [0.05, 0.1) is 6.61 Å². The molecular weight excluding hydrogens is 234 g/mol. The van der Waals surface area contributed by atoms with Gasteiger partial charge in [-0.15, -0.1) is 0 Å². The van der Waals surface area contributed by atoms with Crippen LogP contribution in [0.25, 0.3) is 0 Å². The Bertz CT molecular complexity index is 381. The minimum absolute atomic E-state index is 0.132. The van der Waals surface area contributed by atoms with Gasteiger partial charge in [-0.25, -0.2) is 4.79 Å². The number of hydrogen-bond donors (Lipinski definition) is 3. The monoisotopic (exact) mass is 251 g/mol. The molecule has 0 spiro atoms. The van der Waals surface area contributed by atoms with Crippen LogP contribution in [-0.4, -0.2) is 31.7 Å². The van der Waals surface area contributed by atoms with Gasteiger partial charge in [0.15, 0.2) is 0 Å². The molecule has 1 aromatic rings. The van der Waals surface area contributed by atoms with E-state index in [2.05, 4.69) is 10.6 Å². The van der Waals surface area contributed by atoms with Crippen molar-refractivity contribution in [3.05, 3.63) is 35.9 Å². The third kappa shape index (κ3) is 6.49. The number of rotatable bonds is 7. The van der Waals surface area contributed by atoms with E-state index in [4.69, 9.17) is 10.5 Å². The topological polar surface area (TPSA) is 93.5 Å². The quantitative estimate of drug-likeness (QED) is 0.595. The first-order chi connectivity index (χ1) is 8.68. The van der Waals surface area contributed by atoms with Crippen LogP contribution in [0.15, 0.2) is 30.3 Å². The first kappa shape index (κ1) is 14.0. The van der Waals surface area contributed by atoms with E-state index < -0.39 is 5.91 Å². The van der Waals surface area contributed by atoms with Crippen LogP contribution in [0.3, 0.4) is 0 Å². The molecule has 0 saturated heterocycles. The molecule has 4 N–H and O–H groups in total. The molecule has 0 aliphatic carbocycles. The number of benzene rings is 1. The fraction of sp³-hybridized carbons (Fsp3) is 0.333. The van der Waals surface area contributed by atoms with Crippen molar-refractivity contribution in [1.82, 2.24) is 10.6 Å². The van der Waals surface area contributed by atoms with Gasteiger partial charge < -0.3 is 21.1 Å². The molecule has 0 unspecified atom stereocenters. The SMILES string of the molecule is NC(=O)COCCNC(=O)NCc1ccccc1. The third-order valence-corrected chi connectivity index (χ3v) is 2.07. The number of nitrogens with two attached hydrogens (primary N) is 1. The van der Waals surface area contributed by atoms with Crippen molar-refractivity contribution < 1.29 is 14.3 Å². The molecule has 0 saturated carbocycles. The van der Waals surface area contributed by atoms with Gasteiger partial charge in [0.25, 0.3) is 0 Å². The lowest BCUT2D eigenvalue weighted by Gasteiger charge is -2.07. The molecule has 1 rings (SSSR count). The third-order valence-electron chi connectivity index (χ3n) is 2.07. The summed E-state index contributed by atoms with van der Waals surface area (Å²) in [6.07, 6.45) is 0. The number of urea groups is 1. The van der Waals surface area contributed by atoms with Crippen LogP contribution < -0.4 is 16.4 Å². The first-order valence-corrected chi connectivity index (χ1v) is 5.60. The van der Waals surface area contributed by atoms with Crippen LogP contribution in [0.4, 0.5) is 4.79 Å². The lowest BCUT2D eigenvalue weighted by molar-refractivity contribution is -0.122. The second kappa shape index (κ2) is 8.08. The molecule has 18 heavy (non-hydrogen) atoms. The van der Waals surface area contributed by atoms with Crippen molar-refractivity contribution in [1.29, 1.82) is 0 Å². The number of carbonyl (C=O) groups is 2. The molecule has 98 valence electrons. The predicted octanol–water partition coefficient (Wildman–Crippen LogP) is -0.0123. The Labute approximate surface area is 105 Å². The van der Waals surface area contributed by atoms with Crippen LogP contribution >= 0.6 is 0 Å². The van der Waals surface area contributed by atoms with Crippen LogP contribution in [-0.2, 0) is 16.1 Å². The van der Waals surface area contributed by atoms with E-state index in [0.717, 1.165) is 5.56 Å². The van der Waals surface area contributed by atoms with Crippen LogP contribution in [0, 0.1) is 0 Å². The molecule has 0 aliphatic rings. The Morgan fingerprint density at radius 3 is 2.56 bits per heavy atom. The molecule has 0 bridgehead atoms. The van der Waals surface area contributed by atoms with Crippen molar-refractivity contribution >= 4 is 11.9 Å². The van der Waals surface area contributed by atoms with Crippen LogP contribution in [0.1, 0.15) is 5.56 Å². The Balaban J connectivity index is 2.06. The van der Waals surface area contributed by atoms with Gasteiger partial charge in [0.2, 0.25) is 5.91 Å². The second-order valence-corrected chi connectivity index (χ2v) is 3.61. The zero-order valence-corrected chi connectivity index (χ0v) is 10.0. The fourth-order valence-electron chi connectivity index (χ4n) is 1.25. The van der Waals surface area contributed by atoms with E-state index in [1.165, 1.54) is 0 Å². The molecule has 6 nitrogen and oxygen atoms in total. The minimum Gasteiger partial charge on any atom is -0.370 e. The summed E-state index contributed by atoms with van der Waals surface area (Å²) in [5, 5.41) is 5.30. The van der Waals surface area contributed by atoms with E-state index in [0.29, 0.717) is 13.1 Å². The van der Waals surface area contributed by atoms with E-state index in [-0.39, 0.29) is 19.2 Å². The number of primary amides is 1. The number of hydrogen-bond acceptors (Lipinski definition) is 3. The lowest BCUT2D eigenvalue weighted by Crippen LogP contribution is -2.37. The van der Waals surface area contributed by atoms with Gasteiger partial charge in [-0.1, -0.05) is 30.3 Å². The largest absolute Gasteiger partial charge is 0.370 e. The average molecular weight is 251 g/mol. The fourth-order valence-corrected chi connectivity index (χ4v) is 1.25. The maximum atomic E-state index is 11.3. The Morgan fingerprint density at radius 1 is 1.17 bits per heavy atom. The van der Waals surface area contributed by atoms with Crippen molar-refractivity contribution in [3.63, 3.8) is 0 Å². The van der Waals surface area contributed by atoms with Gasteiger partial charge in [0, 0.05) is 13.1 Å². The van der Waals surface area contributed by atoms with Crippen LogP contribution in [0.5, 0.6) is 0 Å². The molecule has 0 heterocycles. The summed E-state index contributed by atoms with van der Waals surface area (Å²) in [6.45, 7) is 0.914. The summed E-state index contributed by atoms with van der Waals surface area (Å²) in [6, 6.07) is 9.31. The van der Waals surface area contributed by atoms with Crippen molar-refractivity contribution in [3.8, 4) is 0 Å². The molecule has 1 aromatic carbocycles. The molecule has 0 atom stereocenters. The van der Waals surface area contributed by atoms with Gasteiger partial charge in [-0.3, -0.25) is 4.79 Å². The van der Waals surface area contributed by atoms with Gasteiger partial charge in [-0.05, 0) is 5.56 Å². The van der Waals surface area contributed by atoms with Crippen LogP contribution in [0.2, 0.25) is 0 Å². The van der Waals surface area contributed by atoms with E-state index >= 15 is 0 Å². The highest BCUT2D eigenvalue weighted by molar-refractivity contribution is 5.75. The maximum absolute atomic E-state index is 11.3. The molecule has 0 aromatic heterocycles. The first-order valence-electron chi connectivity index (χ1n) is 5.60. The molecule has 0 radical (unpaired) electrons. The number of amides is 3. The summed E-state index contributed by atoms with van der Waals surface area (Å²) in [5.74, 6) is -0.525. The smallest absolute Gasteiger partial charge is 0.315 e.